The summed E-state index contributed by atoms with van der Waals surface area (Å²) in [5.41, 5.74) is 1.18. The number of sulfonamides is 1. The lowest BCUT2D eigenvalue weighted by Gasteiger charge is -2.24. The van der Waals surface area contributed by atoms with Gasteiger partial charge in [-0.25, -0.2) is 8.42 Å². The standard InChI is InChI=1S/C22H23N3O5S/c1-29-20-11-10-19(13-21(20)30-2)31(27,28)25(18-8-4-3-5-9-18)16-22(26)24-15-17-7-6-12-23-14-17/h3-14H,15-16H2,1-2H3,(H,24,26). The van der Waals surface area contributed by atoms with Crippen LogP contribution >= 0.6 is 0 Å². The molecule has 0 aliphatic rings. The van der Waals surface area contributed by atoms with E-state index in [1.54, 1.807) is 48.8 Å². The molecule has 0 radical (unpaired) electrons. The van der Waals surface area contributed by atoms with E-state index >= 15 is 0 Å². The molecule has 2 aromatic carbocycles. The van der Waals surface area contributed by atoms with Crippen LogP contribution in [0, 0.1) is 0 Å². The number of nitrogens with zero attached hydrogens (tertiary/aromatic N) is 2. The molecule has 8 nitrogen and oxygen atoms in total. The van der Waals surface area contributed by atoms with Gasteiger partial charge in [0, 0.05) is 25.0 Å². The number of benzene rings is 2. The molecule has 1 heterocycles. The summed E-state index contributed by atoms with van der Waals surface area (Å²) in [6.07, 6.45) is 3.27. The number of carbonyl (C=O) groups excluding carboxylic acids is 1. The average Bonchev–Trinajstić information content (AvgIpc) is 2.81. The van der Waals surface area contributed by atoms with Crippen LogP contribution in [0.5, 0.6) is 11.5 Å². The van der Waals surface area contributed by atoms with E-state index in [0.29, 0.717) is 11.4 Å². The summed E-state index contributed by atoms with van der Waals surface area (Å²) in [5.74, 6) is 0.233. The van der Waals surface area contributed by atoms with Crippen LogP contribution in [0.1, 0.15) is 5.56 Å². The fraction of sp³-hybridized carbons (Fsp3) is 0.182. The topological polar surface area (TPSA) is 97.8 Å². The number of pyridine rings is 1. The molecule has 1 aromatic heterocycles. The maximum absolute atomic E-state index is 13.4. The SMILES string of the molecule is COc1ccc(S(=O)(=O)N(CC(=O)NCc2cccnc2)c2ccccc2)cc1OC. The first-order valence-electron chi connectivity index (χ1n) is 9.41. The summed E-state index contributed by atoms with van der Waals surface area (Å²) in [6, 6.07) is 16.3. The molecule has 0 unspecified atom stereocenters. The largest absolute Gasteiger partial charge is 0.493 e. The Labute approximate surface area is 181 Å². The van der Waals surface area contributed by atoms with Gasteiger partial charge in [-0.05, 0) is 35.9 Å². The predicted molar refractivity (Wildman–Crippen MR) is 117 cm³/mol. The van der Waals surface area contributed by atoms with Crippen molar-refractivity contribution in [3.05, 3.63) is 78.6 Å². The number of anilines is 1. The minimum Gasteiger partial charge on any atom is -0.493 e. The Balaban J connectivity index is 1.89. The Morgan fingerprint density at radius 3 is 2.39 bits per heavy atom. The van der Waals surface area contributed by atoms with Crippen molar-refractivity contribution in [2.24, 2.45) is 0 Å². The molecule has 1 N–H and O–H groups in total. The van der Waals surface area contributed by atoms with E-state index in [2.05, 4.69) is 10.3 Å². The second kappa shape index (κ2) is 9.94. The van der Waals surface area contributed by atoms with Gasteiger partial charge in [-0.1, -0.05) is 24.3 Å². The molecule has 0 atom stereocenters. The van der Waals surface area contributed by atoms with Crippen LogP contribution in [0.4, 0.5) is 5.69 Å². The van der Waals surface area contributed by atoms with E-state index in [4.69, 9.17) is 9.47 Å². The summed E-state index contributed by atoms with van der Waals surface area (Å²) < 4.78 is 38.4. The molecule has 0 fully saturated rings. The Bertz CT molecular complexity index is 1120. The molecule has 0 spiro atoms. The van der Waals surface area contributed by atoms with Gasteiger partial charge in [0.1, 0.15) is 6.54 Å². The summed E-state index contributed by atoms with van der Waals surface area (Å²) in [5, 5.41) is 2.73. The highest BCUT2D eigenvalue weighted by atomic mass is 32.2. The predicted octanol–water partition coefficient (Wildman–Crippen LogP) is 2.61. The second-order valence-corrected chi connectivity index (χ2v) is 8.36. The minimum atomic E-state index is -4.07. The molecule has 9 heteroatoms. The van der Waals surface area contributed by atoms with Crippen molar-refractivity contribution in [2.75, 3.05) is 25.1 Å². The number of hydrogen-bond acceptors (Lipinski definition) is 6. The quantitative estimate of drug-likeness (QED) is 0.548. The maximum Gasteiger partial charge on any atom is 0.264 e. The highest BCUT2D eigenvalue weighted by Gasteiger charge is 2.28. The van der Waals surface area contributed by atoms with Crippen LogP contribution in [-0.4, -0.2) is 40.1 Å². The Kier molecular flexibility index (Phi) is 7.09. The summed E-state index contributed by atoms with van der Waals surface area (Å²) in [6.45, 7) is -0.146. The zero-order chi connectivity index (χ0) is 22.3. The monoisotopic (exact) mass is 441 g/mol. The zero-order valence-electron chi connectivity index (χ0n) is 17.2. The zero-order valence-corrected chi connectivity index (χ0v) is 18.0. The lowest BCUT2D eigenvalue weighted by atomic mass is 10.3. The number of amides is 1. The Hall–Kier alpha value is -3.59. The number of nitrogens with one attached hydrogen (secondary N) is 1. The average molecular weight is 442 g/mol. The van der Waals surface area contributed by atoms with Crippen molar-refractivity contribution in [1.82, 2.24) is 10.3 Å². The third-order valence-electron chi connectivity index (χ3n) is 4.49. The van der Waals surface area contributed by atoms with Gasteiger partial charge in [0.15, 0.2) is 11.5 Å². The van der Waals surface area contributed by atoms with Crippen LogP contribution in [0.15, 0.2) is 78.0 Å². The highest BCUT2D eigenvalue weighted by molar-refractivity contribution is 7.92. The third-order valence-corrected chi connectivity index (χ3v) is 6.26. The van der Waals surface area contributed by atoms with E-state index in [-0.39, 0.29) is 23.7 Å². The van der Waals surface area contributed by atoms with E-state index in [9.17, 15) is 13.2 Å². The molecular formula is C22H23N3O5S. The van der Waals surface area contributed by atoms with E-state index in [1.165, 1.54) is 32.4 Å². The Morgan fingerprint density at radius 1 is 1.00 bits per heavy atom. The van der Waals surface area contributed by atoms with Gasteiger partial charge in [-0.2, -0.15) is 0 Å². The molecule has 0 saturated heterocycles. The molecule has 0 aliphatic heterocycles. The number of rotatable bonds is 9. The van der Waals surface area contributed by atoms with Crippen molar-refractivity contribution in [3.63, 3.8) is 0 Å². The van der Waals surface area contributed by atoms with Gasteiger partial charge in [0.25, 0.3) is 10.0 Å². The van der Waals surface area contributed by atoms with Crippen LogP contribution in [0.2, 0.25) is 0 Å². The number of para-hydroxylation sites is 1. The molecule has 0 saturated carbocycles. The summed E-state index contributed by atoms with van der Waals surface area (Å²) in [7, 11) is -1.17. The van der Waals surface area contributed by atoms with Gasteiger partial charge in [0.05, 0.1) is 24.8 Å². The molecule has 0 aliphatic carbocycles. The van der Waals surface area contributed by atoms with Crippen LogP contribution in [0.3, 0.4) is 0 Å². The smallest absolute Gasteiger partial charge is 0.264 e. The van der Waals surface area contributed by atoms with Crippen molar-refractivity contribution in [3.8, 4) is 11.5 Å². The first kappa shape index (κ1) is 22.1. The number of aromatic nitrogens is 1. The highest BCUT2D eigenvalue weighted by Crippen LogP contribution is 2.32. The van der Waals surface area contributed by atoms with Gasteiger partial charge < -0.3 is 14.8 Å². The van der Waals surface area contributed by atoms with Crippen LogP contribution < -0.4 is 19.1 Å². The number of carbonyl (C=O) groups is 1. The molecule has 3 aromatic rings. The van der Waals surface area contributed by atoms with Crippen molar-refractivity contribution >= 4 is 21.6 Å². The lowest BCUT2D eigenvalue weighted by molar-refractivity contribution is -0.119. The Morgan fingerprint density at radius 2 is 1.74 bits per heavy atom. The third kappa shape index (κ3) is 5.32. The first-order valence-corrected chi connectivity index (χ1v) is 10.8. The molecule has 162 valence electrons. The maximum atomic E-state index is 13.4. The minimum absolute atomic E-state index is 0.0194. The lowest BCUT2D eigenvalue weighted by Crippen LogP contribution is -2.40. The van der Waals surface area contributed by atoms with Crippen molar-refractivity contribution < 1.29 is 22.7 Å². The summed E-state index contributed by atoms with van der Waals surface area (Å²) >= 11 is 0. The second-order valence-electron chi connectivity index (χ2n) is 6.50. The van der Waals surface area contributed by atoms with E-state index < -0.39 is 15.9 Å². The molecule has 0 bridgehead atoms. The van der Waals surface area contributed by atoms with Crippen LogP contribution in [-0.2, 0) is 21.4 Å². The van der Waals surface area contributed by atoms with Gasteiger partial charge in [-0.15, -0.1) is 0 Å². The summed E-state index contributed by atoms with van der Waals surface area (Å²) in [4.78, 5) is 16.6. The molecule has 31 heavy (non-hydrogen) atoms. The molecule has 3 rings (SSSR count). The molecular weight excluding hydrogens is 418 g/mol. The van der Waals surface area contributed by atoms with E-state index in [1.807, 2.05) is 6.07 Å². The fourth-order valence-electron chi connectivity index (χ4n) is 2.90. The normalized spacial score (nSPS) is 10.9. The molecule has 1 amide bonds. The van der Waals surface area contributed by atoms with Crippen LogP contribution in [0.25, 0.3) is 0 Å². The van der Waals surface area contributed by atoms with Gasteiger partial charge in [0.2, 0.25) is 5.91 Å². The number of methoxy groups -OCH3 is 2. The van der Waals surface area contributed by atoms with E-state index in [0.717, 1.165) is 9.87 Å². The first-order chi connectivity index (χ1) is 15.0. The van der Waals surface area contributed by atoms with Crippen molar-refractivity contribution in [1.29, 1.82) is 0 Å². The van der Waals surface area contributed by atoms with Gasteiger partial charge in [-0.3, -0.25) is 14.1 Å². The number of ether oxygens (including phenoxy) is 2. The fourth-order valence-corrected chi connectivity index (χ4v) is 4.34. The number of hydrogen-bond donors (Lipinski definition) is 1. The van der Waals surface area contributed by atoms with Crippen molar-refractivity contribution in [2.45, 2.75) is 11.4 Å². The van der Waals surface area contributed by atoms with Gasteiger partial charge >= 0.3 is 0 Å².